The molecule has 0 aliphatic heterocycles. The minimum Gasteiger partial charge on any atom is -0.378 e. The third kappa shape index (κ3) is 7.84. The van der Waals surface area contributed by atoms with Crippen LogP contribution in [0.1, 0.15) is 44.9 Å². The van der Waals surface area contributed by atoms with Crippen LogP contribution in [0.4, 0.5) is 4.39 Å². The molecule has 0 unspecified atom stereocenters. The first-order valence-corrected chi connectivity index (χ1v) is 9.49. The lowest BCUT2D eigenvalue weighted by Crippen LogP contribution is -2.26. The summed E-state index contributed by atoms with van der Waals surface area (Å²) in [6.45, 7) is 1.40. The summed E-state index contributed by atoms with van der Waals surface area (Å²) in [5, 5.41) is 2.92. The summed E-state index contributed by atoms with van der Waals surface area (Å²) in [6, 6.07) is 6.35. The summed E-state index contributed by atoms with van der Waals surface area (Å²) >= 11 is 1.57. The lowest BCUT2D eigenvalue weighted by atomic mass is 9.98. The average molecular weight is 339 g/mol. The van der Waals surface area contributed by atoms with Gasteiger partial charge >= 0.3 is 0 Å². The summed E-state index contributed by atoms with van der Waals surface area (Å²) in [6.07, 6.45) is 8.07. The fourth-order valence-electron chi connectivity index (χ4n) is 2.66. The Kier molecular flexibility index (Phi) is 8.47. The number of nitrogens with one attached hydrogen (secondary N) is 1. The number of halogens is 1. The van der Waals surface area contributed by atoms with Gasteiger partial charge in [0.1, 0.15) is 5.82 Å². The number of benzene rings is 1. The summed E-state index contributed by atoms with van der Waals surface area (Å²) < 4.78 is 18.6. The molecule has 0 aromatic heterocycles. The topological polar surface area (TPSA) is 38.3 Å². The molecule has 1 N–H and O–H groups in total. The van der Waals surface area contributed by atoms with E-state index in [0.29, 0.717) is 24.8 Å². The number of ether oxygens (including phenoxy) is 1. The maximum absolute atomic E-state index is 12.8. The number of rotatable bonds is 9. The van der Waals surface area contributed by atoms with Gasteiger partial charge in [-0.1, -0.05) is 19.3 Å². The van der Waals surface area contributed by atoms with Crippen LogP contribution in [0.3, 0.4) is 0 Å². The van der Waals surface area contributed by atoms with Gasteiger partial charge in [0.25, 0.3) is 0 Å². The lowest BCUT2D eigenvalue weighted by Gasteiger charge is -2.21. The molecule has 1 aromatic carbocycles. The summed E-state index contributed by atoms with van der Waals surface area (Å²) in [5.74, 6) is 0.538. The molecular weight excluding hydrogens is 313 g/mol. The second kappa shape index (κ2) is 10.7. The van der Waals surface area contributed by atoms with E-state index < -0.39 is 0 Å². The quantitative estimate of drug-likeness (QED) is 0.542. The monoisotopic (exact) mass is 339 g/mol. The van der Waals surface area contributed by atoms with E-state index in [2.05, 4.69) is 5.32 Å². The van der Waals surface area contributed by atoms with E-state index >= 15 is 0 Å². The van der Waals surface area contributed by atoms with E-state index in [-0.39, 0.29) is 11.7 Å². The van der Waals surface area contributed by atoms with Crippen LogP contribution >= 0.6 is 11.8 Å². The van der Waals surface area contributed by atoms with E-state index in [0.717, 1.165) is 17.9 Å². The molecule has 2 rings (SSSR count). The Labute approximate surface area is 142 Å². The van der Waals surface area contributed by atoms with Gasteiger partial charge in [0, 0.05) is 30.2 Å². The minimum absolute atomic E-state index is 0.0669. The normalized spacial score (nSPS) is 15.5. The molecule has 128 valence electrons. The van der Waals surface area contributed by atoms with Crippen molar-refractivity contribution >= 4 is 17.7 Å². The van der Waals surface area contributed by atoms with Crippen LogP contribution in [0, 0.1) is 5.82 Å². The molecule has 1 fully saturated rings. The highest BCUT2D eigenvalue weighted by Gasteiger charge is 2.13. The van der Waals surface area contributed by atoms with E-state index in [1.807, 2.05) is 0 Å². The Morgan fingerprint density at radius 1 is 1.22 bits per heavy atom. The van der Waals surface area contributed by atoms with Gasteiger partial charge in [-0.15, -0.1) is 11.8 Å². The Bertz CT molecular complexity index is 461. The predicted octanol–water partition coefficient (Wildman–Crippen LogP) is 4.16. The van der Waals surface area contributed by atoms with Crippen molar-refractivity contribution < 1.29 is 13.9 Å². The number of carbonyl (C=O) groups is 1. The maximum atomic E-state index is 12.8. The van der Waals surface area contributed by atoms with Crippen molar-refractivity contribution in [3.8, 4) is 0 Å². The smallest absolute Gasteiger partial charge is 0.220 e. The lowest BCUT2D eigenvalue weighted by molar-refractivity contribution is -0.120. The first-order valence-electron chi connectivity index (χ1n) is 8.51. The molecule has 0 saturated heterocycles. The highest BCUT2D eigenvalue weighted by Crippen LogP contribution is 2.20. The largest absolute Gasteiger partial charge is 0.378 e. The van der Waals surface area contributed by atoms with Gasteiger partial charge < -0.3 is 10.1 Å². The van der Waals surface area contributed by atoms with Crippen molar-refractivity contribution in [1.29, 1.82) is 0 Å². The number of carbonyl (C=O) groups excluding carboxylic acids is 1. The molecule has 1 amide bonds. The van der Waals surface area contributed by atoms with Gasteiger partial charge in [-0.2, -0.15) is 0 Å². The van der Waals surface area contributed by atoms with Crippen molar-refractivity contribution in [2.45, 2.75) is 55.9 Å². The maximum Gasteiger partial charge on any atom is 0.220 e. The highest BCUT2D eigenvalue weighted by molar-refractivity contribution is 7.99. The molecule has 0 radical (unpaired) electrons. The van der Waals surface area contributed by atoms with Gasteiger partial charge in [-0.3, -0.25) is 4.79 Å². The van der Waals surface area contributed by atoms with Gasteiger partial charge in [0.2, 0.25) is 5.91 Å². The van der Waals surface area contributed by atoms with Gasteiger partial charge in [0.05, 0.1) is 6.10 Å². The number of hydrogen-bond acceptors (Lipinski definition) is 3. The second-order valence-electron chi connectivity index (χ2n) is 5.89. The standard InChI is InChI=1S/C18H26FNO2S/c19-15-7-9-17(10-8-15)23-14-11-18(21)20-12-4-13-22-16-5-2-1-3-6-16/h7-10,16H,1-6,11-14H2,(H,20,21). The third-order valence-electron chi connectivity index (χ3n) is 3.96. The molecule has 0 spiro atoms. The van der Waals surface area contributed by atoms with Crippen LogP contribution in [0.15, 0.2) is 29.2 Å². The zero-order valence-corrected chi connectivity index (χ0v) is 14.4. The minimum atomic E-state index is -0.234. The second-order valence-corrected chi connectivity index (χ2v) is 7.06. The van der Waals surface area contributed by atoms with Gasteiger partial charge in [-0.25, -0.2) is 4.39 Å². The number of thioether (sulfide) groups is 1. The predicted molar refractivity (Wildman–Crippen MR) is 92.2 cm³/mol. The first kappa shape index (κ1) is 18.3. The summed E-state index contributed by atoms with van der Waals surface area (Å²) in [5.41, 5.74) is 0. The van der Waals surface area contributed by atoms with Crippen molar-refractivity contribution in [3.63, 3.8) is 0 Å². The highest BCUT2D eigenvalue weighted by atomic mass is 32.2. The molecule has 3 nitrogen and oxygen atoms in total. The zero-order chi connectivity index (χ0) is 16.3. The fourth-order valence-corrected chi connectivity index (χ4v) is 3.51. The van der Waals surface area contributed by atoms with E-state index in [1.165, 1.54) is 44.2 Å². The average Bonchev–Trinajstić information content (AvgIpc) is 2.57. The molecule has 1 saturated carbocycles. The van der Waals surface area contributed by atoms with Crippen LogP contribution in [0.25, 0.3) is 0 Å². The van der Waals surface area contributed by atoms with Crippen LogP contribution in [-0.4, -0.2) is 30.9 Å². The van der Waals surface area contributed by atoms with Crippen molar-refractivity contribution in [2.75, 3.05) is 18.9 Å². The van der Waals surface area contributed by atoms with Crippen LogP contribution in [0.5, 0.6) is 0 Å². The van der Waals surface area contributed by atoms with Crippen molar-refractivity contribution in [3.05, 3.63) is 30.1 Å². The first-order chi connectivity index (χ1) is 11.2. The molecular formula is C18H26FNO2S. The number of hydrogen-bond donors (Lipinski definition) is 1. The molecule has 1 aliphatic rings. The van der Waals surface area contributed by atoms with E-state index in [9.17, 15) is 9.18 Å². The van der Waals surface area contributed by atoms with Crippen LogP contribution < -0.4 is 5.32 Å². The Morgan fingerprint density at radius 2 is 1.96 bits per heavy atom. The SMILES string of the molecule is O=C(CCSc1ccc(F)cc1)NCCCOC1CCCCC1. The molecule has 23 heavy (non-hydrogen) atoms. The van der Waals surface area contributed by atoms with Gasteiger partial charge in [-0.05, 0) is 43.5 Å². The molecule has 1 aliphatic carbocycles. The summed E-state index contributed by atoms with van der Waals surface area (Å²) in [7, 11) is 0. The van der Waals surface area contributed by atoms with Crippen LogP contribution in [-0.2, 0) is 9.53 Å². The molecule has 5 heteroatoms. The Balaban J connectivity index is 1.46. The summed E-state index contributed by atoms with van der Waals surface area (Å²) in [4.78, 5) is 12.7. The Morgan fingerprint density at radius 3 is 2.70 bits per heavy atom. The third-order valence-corrected chi connectivity index (χ3v) is 4.97. The van der Waals surface area contributed by atoms with E-state index in [1.54, 1.807) is 23.9 Å². The molecule has 0 heterocycles. The molecule has 0 bridgehead atoms. The number of amides is 1. The fraction of sp³-hybridized carbons (Fsp3) is 0.611. The zero-order valence-electron chi connectivity index (χ0n) is 13.6. The van der Waals surface area contributed by atoms with Crippen molar-refractivity contribution in [1.82, 2.24) is 5.32 Å². The van der Waals surface area contributed by atoms with Crippen LogP contribution in [0.2, 0.25) is 0 Å². The van der Waals surface area contributed by atoms with Gasteiger partial charge in [0.15, 0.2) is 0 Å². The Hall–Kier alpha value is -1.07. The van der Waals surface area contributed by atoms with Crippen molar-refractivity contribution in [2.24, 2.45) is 0 Å². The van der Waals surface area contributed by atoms with E-state index in [4.69, 9.17) is 4.74 Å². The molecule has 1 aromatic rings. The molecule has 0 atom stereocenters.